The summed E-state index contributed by atoms with van der Waals surface area (Å²) in [7, 11) is -3.53. The summed E-state index contributed by atoms with van der Waals surface area (Å²) in [4.78, 5) is 0. The highest BCUT2D eigenvalue weighted by atomic mass is 32.2. The maximum Gasteiger partial charge on any atom is 0.296 e. The molecule has 0 aromatic rings. The lowest BCUT2D eigenvalue weighted by atomic mass is 10.5. The van der Waals surface area contributed by atoms with E-state index in [-0.39, 0.29) is 6.61 Å². The molecular formula is C7H15NO4S. The van der Waals surface area contributed by atoms with Crippen molar-refractivity contribution in [3.8, 4) is 0 Å². The van der Waals surface area contributed by atoms with Gasteiger partial charge >= 0.3 is 0 Å². The van der Waals surface area contributed by atoms with E-state index >= 15 is 0 Å². The largest absolute Gasteiger partial charge is 0.357 e. The predicted molar refractivity (Wildman–Crippen MR) is 47.8 cm³/mol. The minimum atomic E-state index is -3.53. The molecule has 0 bridgehead atoms. The molecule has 0 saturated carbocycles. The van der Waals surface area contributed by atoms with Crippen molar-refractivity contribution >= 4 is 10.1 Å². The van der Waals surface area contributed by atoms with Crippen LogP contribution < -0.4 is 5.32 Å². The van der Waals surface area contributed by atoms with Crippen LogP contribution in [0, 0.1) is 0 Å². The van der Waals surface area contributed by atoms with Crippen molar-refractivity contribution < 1.29 is 17.3 Å². The third-order valence-electron chi connectivity index (χ3n) is 1.67. The van der Waals surface area contributed by atoms with Crippen molar-refractivity contribution in [2.75, 3.05) is 26.3 Å². The highest BCUT2D eigenvalue weighted by Gasteiger charge is 2.28. The molecule has 0 aromatic heterocycles. The first-order valence-electron chi connectivity index (χ1n) is 4.37. The highest BCUT2D eigenvalue weighted by molar-refractivity contribution is 7.87. The number of morpholine rings is 1. The van der Waals surface area contributed by atoms with E-state index in [0.717, 1.165) is 0 Å². The second-order valence-corrected chi connectivity index (χ2v) is 4.57. The van der Waals surface area contributed by atoms with E-state index in [1.54, 1.807) is 0 Å². The molecule has 1 unspecified atom stereocenters. The third-order valence-corrected chi connectivity index (χ3v) is 3.11. The molecule has 6 heteroatoms. The Morgan fingerprint density at radius 2 is 2.38 bits per heavy atom. The number of rotatable bonds is 4. The number of hydrogen-bond acceptors (Lipinski definition) is 5. The van der Waals surface area contributed by atoms with Crippen LogP contribution in [0.5, 0.6) is 0 Å². The zero-order chi connectivity index (χ0) is 9.73. The summed E-state index contributed by atoms with van der Waals surface area (Å²) in [5.74, 6) is 0. The Hall–Kier alpha value is -0.170. The maximum atomic E-state index is 11.4. The second kappa shape index (κ2) is 4.90. The molecule has 1 rings (SSSR count). The fourth-order valence-electron chi connectivity index (χ4n) is 1.00. The molecule has 1 saturated heterocycles. The summed E-state index contributed by atoms with van der Waals surface area (Å²) >= 11 is 0. The molecule has 1 heterocycles. The summed E-state index contributed by atoms with van der Waals surface area (Å²) in [6.45, 7) is 3.50. The SMILES string of the molecule is CCCOS(=O)(=O)C1CNCCO1. The minimum absolute atomic E-state index is 0.224. The molecule has 1 atom stereocenters. The van der Waals surface area contributed by atoms with E-state index in [1.807, 2.05) is 6.92 Å². The first kappa shape index (κ1) is 10.9. The Morgan fingerprint density at radius 1 is 1.62 bits per heavy atom. The predicted octanol–water partition coefficient (Wildman–Crippen LogP) is -0.311. The van der Waals surface area contributed by atoms with Gasteiger partial charge in [-0.05, 0) is 6.42 Å². The molecule has 0 aromatic carbocycles. The standard InChI is InChI=1S/C7H15NO4S/c1-2-4-12-13(9,10)7-6-8-3-5-11-7/h7-8H,2-6H2,1H3. The van der Waals surface area contributed by atoms with E-state index in [9.17, 15) is 8.42 Å². The molecule has 1 fully saturated rings. The van der Waals surface area contributed by atoms with Gasteiger partial charge in [0, 0.05) is 13.1 Å². The quantitative estimate of drug-likeness (QED) is 0.643. The van der Waals surface area contributed by atoms with Crippen molar-refractivity contribution in [2.24, 2.45) is 0 Å². The van der Waals surface area contributed by atoms with Gasteiger partial charge in [-0.3, -0.25) is 4.18 Å². The van der Waals surface area contributed by atoms with Crippen molar-refractivity contribution in [2.45, 2.75) is 18.8 Å². The van der Waals surface area contributed by atoms with Gasteiger partial charge in [0.2, 0.25) is 0 Å². The molecule has 0 amide bonds. The van der Waals surface area contributed by atoms with Gasteiger partial charge in [-0.1, -0.05) is 6.92 Å². The zero-order valence-electron chi connectivity index (χ0n) is 7.65. The molecule has 5 nitrogen and oxygen atoms in total. The molecule has 0 radical (unpaired) electrons. The van der Waals surface area contributed by atoms with E-state index in [2.05, 4.69) is 5.32 Å². The maximum absolute atomic E-state index is 11.4. The Bertz CT molecular complexity index is 233. The van der Waals surface area contributed by atoms with E-state index in [0.29, 0.717) is 26.1 Å². The Labute approximate surface area is 78.5 Å². The molecule has 0 aliphatic carbocycles. The van der Waals surface area contributed by atoms with Gasteiger partial charge in [-0.25, -0.2) is 0 Å². The number of nitrogens with one attached hydrogen (secondary N) is 1. The normalized spacial score (nSPS) is 24.5. The Morgan fingerprint density at radius 3 is 2.92 bits per heavy atom. The van der Waals surface area contributed by atoms with Crippen LogP contribution in [0.2, 0.25) is 0 Å². The summed E-state index contributed by atoms with van der Waals surface area (Å²) in [5.41, 5.74) is -0.840. The van der Waals surface area contributed by atoms with Gasteiger partial charge in [-0.15, -0.1) is 0 Å². The van der Waals surface area contributed by atoms with Crippen molar-refractivity contribution in [3.05, 3.63) is 0 Å². The monoisotopic (exact) mass is 209 g/mol. The molecule has 1 N–H and O–H groups in total. The highest BCUT2D eigenvalue weighted by Crippen LogP contribution is 2.08. The molecule has 78 valence electrons. The van der Waals surface area contributed by atoms with Crippen LogP contribution in [-0.2, 0) is 19.0 Å². The van der Waals surface area contributed by atoms with Crippen molar-refractivity contribution in [1.82, 2.24) is 5.32 Å². The first-order valence-corrected chi connectivity index (χ1v) is 5.84. The van der Waals surface area contributed by atoms with Gasteiger partial charge in [0.15, 0.2) is 5.44 Å². The van der Waals surface area contributed by atoms with Crippen LogP contribution in [0.25, 0.3) is 0 Å². The van der Waals surface area contributed by atoms with Crippen LogP contribution in [-0.4, -0.2) is 40.2 Å². The average molecular weight is 209 g/mol. The van der Waals surface area contributed by atoms with Crippen molar-refractivity contribution in [1.29, 1.82) is 0 Å². The number of hydrogen-bond donors (Lipinski definition) is 1. The second-order valence-electron chi connectivity index (χ2n) is 2.82. The smallest absolute Gasteiger partial charge is 0.296 e. The van der Waals surface area contributed by atoms with Crippen molar-refractivity contribution in [3.63, 3.8) is 0 Å². The summed E-state index contributed by atoms with van der Waals surface area (Å²) < 4.78 is 32.5. The minimum Gasteiger partial charge on any atom is -0.357 e. The molecule has 1 aliphatic rings. The van der Waals surface area contributed by atoms with Crippen LogP contribution in [0.1, 0.15) is 13.3 Å². The Kier molecular flexibility index (Phi) is 4.11. The topological polar surface area (TPSA) is 64.6 Å². The third kappa shape index (κ3) is 3.22. The van der Waals surface area contributed by atoms with Gasteiger partial charge in [0.05, 0.1) is 13.2 Å². The molecule has 1 aliphatic heterocycles. The fraction of sp³-hybridized carbons (Fsp3) is 1.00. The van der Waals surface area contributed by atoms with E-state index < -0.39 is 15.6 Å². The Balaban J connectivity index is 2.47. The lowest BCUT2D eigenvalue weighted by Gasteiger charge is -2.22. The number of ether oxygens (including phenoxy) is 1. The zero-order valence-corrected chi connectivity index (χ0v) is 8.47. The summed E-state index contributed by atoms with van der Waals surface area (Å²) in [6.07, 6.45) is 0.680. The molecule has 0 spiro atoms. The van der Waals surface area contributed by atoms with Crippen LogP contribution in [0.15, 0.2) is 0 Å². The average Bonchev–Trinajstić information content (AvgIpc) is 2.16. The van der Waals surface area contributed by atoms with E-state index in [1.165, 1.54) is 0 Å². The molecular weight excluding hydrogens is 194 g/mol. The van der Waals surface area contributed by atoms with Crippen LogP contribution in [0.3, 0.4) is 0 Å². The van der Waals surface area contributed by atoms with Crippen LogP contribution >= 0.6 is 0 Å². The summed E-state index contributed by atoms with van der Waals surface area (Å²) in [5, 5.41) is 2.93. The summed E-state index contributed by atoms with van der Waals surface area (Å²) in [6, 6.07) is 0. The first-order chi connectivity index (χ1) is 6.17. The fourth-order valence-corrected chi connectivity index (χ4v) is 2.14. The molecule has 13 heavy (non-hydrogen) atoms. The van der Waals surface area contributed by atoms with Gasteiger partial charge < -0.3 is 10.1 Å². The van der Waals surface area contributed by atoms with Gasteiger partial charge in [-0.2, -0.15) is 8.42 Å². The lowest BCUT2D eigenvalue weighted by molar-refractivity contribution is 0.0690. The van der Waals surface area contributed by atoms with Crippen LogP contribution in [0.4, 0.5) is 0 Å². The van der Waals surface area contributed by atoms with Gasteiger partial charge in [0.1, 0.15) is 0 Å². The van der Waals surface area contributed by atoms with Gasteiger partial charge in [0.25, 0.3) is 10.1 Å². The van der Waals surface area contributed by atoms with E-state index in [4.69, 9.17) is 8.92 Å². The lowest BCUT2D eigenvalue weighted by Crippen LogP contribution is -2.43.